The van der Waals surface area contributed by atoms with E-state index in [4.69, 9.17) is 4.74 Å². The Morgan fingerprint density at radius 3 is 2.17 bits per heavy atom. The van der Waals surface area contributed by atoms with Gasteiger partial charge in [0, 0.05) is 18.6 Å². The van der Waals surface area contributed by atoms with E-state index in [-0.39, 0.29) is 0 Å². The van der Waals surface area contributed by atoms with E-state index in [1.165, 1.54) is 32.1 Å². The summed E-state index contributed by atoms with van der Waals surface area (Å²) in [5, 5.41) is 3.76. The number of hydrogen-bond acceptors (Lipinski definition) is 2. The Bertz CT molecular complexity index is 227. The van der Waals surface area contributed by atoms with E-state index in [1.54, 1.807) is 0 Å². The molecular weight excluding hydrogens is 222 g/mol. The first kappa shape index (κ1) is 14.3. The third kappa shape index (κ3) is 3.48. The normalized spacial score (nSPS) is 35.0. The summed E-state index contributed by atoms with van der Waals surface area (Å²) in [6.07, 6.45) is 7.01. The highest BCUT2D eigenvalue weighted by Crippen LogP contribution is 2.37. The van der Waals surface area contributed by atoms with Gasteiger partial charge in [-0.2, -0.15) is 0 Å². The van der Waals surface area contributed by atoms with Gasteiger partial charge in [0.25, 0.3) is 0 Å². The van der Waals surface area contributed by atoms with Gasteiger partial charge in [0.15, 0.2) is 0 Å². The topological polar surface area (TPSA) is 21.3 Å². The Labute approximate surface area is 113 Å². The Morgan fingerprint density at radius 2 is 1.67 bits per heavy atom. The van der Waals surface area contributed by atoms with Crippen LogP contribution in [0.1, 0.15) is 52.9 Å². The molecule has 0 radical (unpaired) electrons. The second kappa shape index (κ2) is 6.91. The molecule has 1 heterocycles. The zero-order valence-electron chi connectivity index (χ0n) is 12.5. The number of ether oxygens (including phenoxy) is 1. The van der Waals surface area contributed by atoms with Gasteiger partial charge >= 0.3 is 0 Å². The summed E-state index contributed by atoms with van der Waals surface area (Å²) < 4.78 is 5.59. The molecule has 2 fully saturated rings. The highest BCUT2D eigenvalue weighted by atomic mass is 16.5. The first-order chi connectivity index (χ1) is 8.72. The number of hydrogen-bond donors (Lipinski definition) is 1. The summed E-state index contributed by atoms with van der Waals surface area (Å²) in [6.45, 7) is 10.1. The van der Waals surface area contributed by atoms with E-state index < -0.39 is 0 Å². The fourth-order valence-electron chi connectivity index (χ4n) is 3.96. The summed E-state index contributed by atoms with van der Waals surface area (Å²) in [7, 11) is 0. The smallest absolute Gasteiger partial charge is 0.0510 e. The van der Waals surface area contributed by atoms with Gasteiger partial charge in [-0.05, 0) is 56.4 Å². The minimum atomic E-state index is 0.714. The van der Waals surface area contributed by atoms with Crippen LogP contribution in [-0.2, 0) is 4.74 Å². The van der Waals surface area contributed by atoms with Gasteiger partial charge in [-0.25, -0.2) is 0 Å². The van der Waals surface area contributed by atoms with Crippen LogP contribution in [0.2, 0.25) is 0 Å². The molecule has 1 N–H and O–H groups in total. The lowest BCUT2D eigenvalue weighted by Crippen LogP contribution is -2.44. The van der Waals surface area contributed by atoms with Crippen LogP contribution in [0.4, 0.5) is 0 Å². The SMILES string of the molecule is CCNC(C1CCC(C(C)C)CC1)C1CCOC1. The van der Waals surface area contributed by atoms with Crippen molar-refractivity contribution in [1.82, 2.24) is 5.32 Å². The molecule has 2 unspecified atom stereocenters. The summed E-state index contributed by atoms with van der Waals surface area (Å²) in [5.41, 5.74) is 0. The molecule has 106 valence electrons. The molecule has 1 aliphatic carbocycles. The Morgan fingerprint density at radius 1 is 1.00 bits per heavy atom. The highest BCUT2D eigenvalue weighted by molar-refractivity contribution is 4.88. The van der Waals surface area contributed by atoms with Crippen molar-refractivity contribution < 1.29 is 4.74 Å². The van der Waals surface area contributed by atoms with E-state index in [0.29, 0.717) is 6.04 Å². The third-order valence-corrected chi connectivity index (χ3v) is 5.18. The minimum Gasteiger partial charge on any atom is -0.381 e. The predicted octanol–water partition coefficient (Wildman–Crippen LogP) is 3.46. The molecule has 2 rings (SSSR count). The zero-order valence-corrected chi connectivity index (χ0v) is 12.5. The molecule has 2 heteroatoms. The van der Waals surface area contributed by atoms with Crippen LogP contribution in [0.25, 0.3) is 0 Å². The molecule has 0 amide bonds. The average molecular weight is 253 g/mol. The van der Waals surface area contributed by atoms with Crippen molar-refractivity contribution >= 4 is 0 Å². The van der Waals surface area contributed by atoms with Crippen molar-refractivity contribution in [2.75, 3.05) is 19.8 Å². The first-order valence-electron chi connectivity index (χ1n) is 8.03. The lowest BCUT2D eigenvalue weighted by Gasteiger charge is -2.38. The van der Waals surface area contributed by atoms with E-state index in [0.717, 1.165) is 43.4 Å². The number of nitrogens with one attached hydrogen (secondary N) is 1. The predicted molar refractivity (Wildman–Crippen MR) is 76.7 cm³/mol. The van der Waals surface area contributed by atoms with Crippen molar-refractivity contribution in [2.45, 2.75) is 58.9 Å². The second-order valence-electron chi connectivity index (χ2n) is 6.63. The van der Waals surface area contributed by atoms with E-state index >= 15 is 0 Å². The standard InChI is InChI=1S/C16H31NO/c1-4-17-16(15-9-10-18-11-15)14-7-5-13(6-8-14)12(2)3/h12-17H,4-11H2,1-3H3. The molecule has 0 aromatic rings. The van der Waals surface area contributed by atoms with Crippen molar-refractivity contribution in [3.8, 4) is 0 Å². The molecule has 2 aliphatic rings. The maximum atomic E-state index is 5.59. The largest absolute Gasteiger partial charge is 0.381 e. The van der Waals surface area contributed by atoms with E-state index in [9.17, 15) is 0 Å². The molecule has 2 atom stereocenters. The van der Waals surface area contributed by atoms with Gasteiger partial charge in [0.2, 0.25) is 0 Å². The monoisotopic (exact) mass is 253 g/mol. The molecule has 1 saturated heterocycles. The highest BCUT2D eigenvalue weighted by Gasteiger charge is 2.34. The summed E-state index contributed by atoms with van der Waals surface area (Å²) in [5.74, 6) is 3.51. The molecule has 1 saturated carbocycles. The minimum absolute atomic E-state index is 0.714. The molecule has 0 aromatic heterocycles. The van der Waals surface area contributed by atoms with Crippen LogP contribution < -0.4 is 5.32 Å². The Kier molecular flexibility index (Phi) is 5.50. The number of rotatable bonds is 5. The first-order valence-corrected chi connectivity index (χ1v) is 8.03. The molecule has 2 nitrogen and oxygen atoms in total. The van der Waals surface area contributed by atoms with Crippen molar-refractivity contribution in [3.63, 3.8) is 0 Å². The third-order valence-electron chi connectivity index (χ3n) is 5.18. The molecule has 0 aromatic carbocycles. The van der Waals surface area contributed by atoms with Crippen LogP contribution in [0, 0.1) is 23.7 Å². The summed E-state index contributed by atoms with van der Waals surface area (Å²) in [6, 6.07) is 0.714. The van der Waals surface area contributed by atoms with Crippen molar-refractivity contribution in [2.24, 2.45) is 23.7 Å². The Hall–Kier alpha value is -0.0800. The van der Waals surface area contributed by atoms with E-state index in [1.807, 2.05) is 0 Å². The van der Waals surface area contributed by atoms with Crippen molar-refractivity contribution in [1.29, 1.82) is 0 Å². The fourth-order valence-corrected chi connectivity index (χ4v) is 3.96. The summed E-state index contributed by atoms with van der Waals surface area (Å²) in [4.78, 5) is 0. The summed E-state index contributed by atoms with van der Waals surface area (Å²) >= 11 is 0. The van der Waals surface area contributed by atoms with E-state index in [2.05, 4.69) is 26.1 Å². The van der Waals surface area contributed by atoms with Gasteiger partial charge in [-0.1, -0.05) is 20.8 Å². The molecule has 0 bridgehead atoms. The average Bonchev–Trinajstić information content (AvgIpc) is 2.90. The van der Waals surface area contributed by atoms with Crippen LogP contribution in [0.15, 0.2) is 0 Å². The second-order valence-corrected chi connectivity index (χ2v) is 6.63. The van der Waals surface area contributed by atoms with Crippen molar-refractivity contribution in [3.05, 3.63) is 0 Å². The van der Waals surface area contributed by atoms with Gasteiger partial charge < -0.3 is 10.1 Å². The maximum absolute atomic E-state index is 5.59. The van der Waals surface area contributed by atoms with Gasteiger partial charge in [0.05, 0.1) is 6.61 Å². The van der Waals surface area contributed by atoms with Gasteiger partial charge in [0.1, 0.15) is 0 Å². The van der Waals surface area contributed by atoms with Crippen LogP contribution in [0.5, 0.6) is 0 Å². The lowest BCUT2D eigenvalue weighted by molar-refractivity contribution is 0.135. The Balaban J connectivity index is 1.87. The van der Waals surface area contributed by atoms with Crippen LogP contribution in [0.3, 0.4) is 0 Å². The zero-order chi connectivity index (χ0) is 13.0. The van der Waals surface area contributed by atoms with Gasteiger partial charge in [-0.3, -0.25) is 0 Å². The van der Waals surface area contributed by atoms with Crippen LogP contribution >= 0.6 is 0 Å². The molecule has 18 heavy (non-hydrogen) atoms. The van der Waals surface area contributed by atoms with Crippen LogP contribution in [-0.4, -0.2) is 25.8 Å². The maximum Gasteiger partial charge on any atom is 0.0510 e. The van der Waals surface area contributed by atoms with Gasteiger partial charge in [-0.15, -0.1) is 0 Å². The quantitative estimate of drug-likeness (QED) is 0.810. The molecular formula is C16H31NO. The molecule has 0 spiro atoms. The molecule has 1 aliphatic heterocycles. The fraction of sp³-hybridized carbons (Fsp3) is 1.00. The lowest BCUT2D eigenvalue weighted by atomic mass is 9.72.